The zero-order valence-electron chi connectivity index (χ0n) is 13.4. The van der Waals surface area contributed by atoms with Crippen LogP contribution in [0.4, 0.5) is 0 Å². The van der Waals surface area contributed by atoms with Crippen molar-refractivity contribution >= 4 is 11.1 Å². The second-order valence-electron chi connectivity index (χ2n) is 5.61. The lowest BCUT2D eigenvalue weighted by molar-refractivity contribution is 0.305. The molecule has 24 heavy (non-hydrogen) atoms. The van der Waals surface area contributed by atoms with E-state index in [0.29, 0.717) is 6.42 Å². The van der Waals surface area contributed by atoms with Gasteiger partial charge in [-0.2, -0.15) is 0 Å². The molecule has 0 aromatic heterocycles. The van der Waals surface area contributed by atoms with Gasteiger partial charge < -0.3 is 10.2 Å². The van der Waals surface area contributed by atoms with Gasteiger partial charge in [-0.15, -0.1) is 0 Å². The molecule has 3 rings (SSSR count). The Labute approximate surface area is 142 Å². The number of aliphatic hydroxyl groups is 1. The molecule has 0 saturated carbocycles. The highest BCUT2D eigenvalue weighted by Crippen LogP contribution is 2.35. The van der Waals surface area contributed by atoms with E-state index < -0.39 is 0 Å². The number of phenolic OH excluding ortho intramolecular Hbond substituents is 1. The van der Waals surface area contributed by atoms with Crippen LogP contribution in [0.1, 0.15) is 23.1 Å². The van der Waals surface area contributed by atoms with Crippen LogP contribution >= 0.6 is 0 Å². The van der Waals surface area contributed by atoms with Crippen LogP contribution in [0.5, 0.6) is 5.75 Å². The zero-order chi connectivity index (χ0) is 16.8. The standard InChI is InChI=1S/C22H20O2/c23-15-14-21(17-8-3-1-4-9-17)22(18-10-5-2-6-11-18)19-12-7-13-20(24)16-19/h1-13,16,23-24H,14-15H2/b22-21-. The van der Waals surface area contributed by atoms with Crippen LogP contribution in [0.15, 0.2) is 84.9 Å². The molecule has 2 nitrogen and oxygen atoms in total. The molecule has 0 aliphatic heterocycles. The molecule has 2 heteroatoms. The third-order valence-electron chi connectivity index (χ3n) is 3.98. The van der Waals surface area contributed by atoms with Crippen molar-refractivity contribution in [1.29, 1.82) is 0 Å². The molecule has 120 valence electrons. The van der Waals surface area contributed by atoms with Crippen LogP contribution in [0, 0.1) is 0 Å². The predicted octanol–water partition coefficient (Wildman–Crippen LogP) is 4.73. The molecule has 0 spiro atoms. The molecule has 0 saturated heterocycles. The van der Waals surface area contributed by atoms with E-state index in [0.717, 1.165) is 27.8 Å². The minimum atomic E-state index is 0.0688. The van der Waals surface area contributed by atoms with Crippen molar-refractivity contribution in [3.05, 3.63) is 102 Å². The van der Waals surface area contributed by atoms with Gasteiger partial charge in [0.1, 0.15) is 5.75 Å². The van der Waals surface area contributed by atoms with Gasteiger partial charge in [0, 0.05) is 6.61 Å². The summed E-state index contributed by atoms with van der Waals surface area (Å²) in [6.07, 6.45) is 0.546. The molecule has 0 unspecified atom stereocenters. The number of benzene rings is 3. The molecule has 0 heterocycles. The quantitative estimate of drug-likeness (QED) is 0.668. The summed E-state index contributed by atoms with van der Waals surface area (Å²) < 4.78 is 0. The van der Waals surface area contributed by atoms with Crippen molar-refractivity contribution in [2.45, 2.75) is 6.42 Å². The summed E-state index contributed by atoms with van der Waals surface area (Å²) in [4.78, 5) is 0. The summed E-state index contributed by atoms with van der Waals surface area (Å²) >= 11 is 0. The maximum absolute atomic E-state index is 9.92. The lowest BCUT2D eigenvalue weighted by atomic mass is 9.88. The second kappa shape index (κ2) is 7.62. The van der Waals surface area contributed by atoms with Crippen LogP contribution in [-0.4, -0.2) is 16.8 Å². The Bertz CT molecular complexity index is 821. The smallest absolute Gasteiger partial charge is 0.116 e. The highest BCUT2D eigenvalue weighted by molar-refractivity contribution is 5.98. The van der Waals surface area contributed by atoms with Gasteiger partial charge in [0.05, 0.1) is 0 Å². The number of aromatic hydroxyl groups is 1. The van der Waals surface area contributed by atoms with Crippen molar-refractivity contribution in [2.24, 2.45) is 0 Å². The van der Waals surface area contributed by atoms with Gasteiger partial charge in [-0.3, -0.25) is 0 Å². The first-order chi connectivity index (χ1) is 11.8. The first-order valence-electron chi connectivity index (χ1n) is 8.04. The molecule has 0 aliphatic rings. The minimum absolute atomic E-state index is 0.0688. The summed E-state index contributed by atoms with van der Waals surface area (Å²) in [5.74, 6) is 0.234. The molecule has 2 N–H and O–H groups in total. The van der Waals surface area contributed by atoms with E-state index in [1.807, 2.05) is 48.5 Å². The molecule has 0 fully saturated rings. The fraction of sp³-hybridized carbons (Fsp3) is 0.0909. The minimum Gasteiger partial charge on any atom is -0.508 e. The van der Waals surface area contributed by atoms with Crippen molar-refractivity contribution < 1.29 is 10.2 Å². The molecular weight excluding hydrogens is 296 g/mol. The van der Waals surface area contributed by atoms with Gasteiger partial charge in [0.2, 0.25) is 0 Å². The maximum atomic E-state index is 9.92. The van der Waals surface area contributed by atoms with Gasteiger partial charge in [0.15, 0.2) is 0 Å². The number of hydrogen-bond donors (Lipinski definition) is 2. The second-order valence-corrected chi connectivity index (χ2v) is 5.61. The van der Waals surface area contributed by atoms with E-state index in [1.165, 1.54) is 0 Å². The Kier molecular flexibility index (Phi) is 5.09. The SMILES string of the molecule is OCC/C(=C(\c1ccccc1)c1cccc(O)c1)c1ccccc1. The number of aliphatic hydroxyl groups excluding tert-OH is 1. The normalized spacial score (nSPS) is 11.9. The highest BCUT2D eigenvalue weighted by Gasteiger charge is 2.14. The third-order valence-corrected chi connectivity index (χ3v) is 3.98. The van der Waals surface area contributed by atoms with E-state index >= 15 is 0 Å². The highest BCUT2D eigenvalue weighted by atomic mass is 16.3. The van der Waals surface area contributed by atoms with Gasteiger partial charge >= 0.3 is 0 Å². The van der Waals surface area contributed by atoms with Crippen LogP contribution in [-0.2, 0) is 0 Å². The van der Waals surface area contributed by atoms with Crippen molar-refractivity contribution in [1.82, 2.24) is 0 Å². The fourth-order valence-corrected chi connectivity index (χ4v) is 2.95. The van der Waals surface area contributed by atoms with Gasteiger partial charge in [-0.05, 0) is 46.4 Å². The summed E-state index contributed by atoms with van der Waals surface area (Å²) in [5, 5.41) is 19.5. The van der Waals surface area contributed by atoms with E-state index in [-0.39, 0.29) is 12.4 Å². The lowest BCUT2D eigenvalue weighted by Gasteiger charge is -2.17. The van der Waals surface area contributed by atoms with Gasteiger partial charge in [-0.1, -0.05) is 72.8 Å². The maximum Gasteiger partial charge on any atom is 0.116 e. The first-order valence-corrected chi connectivity index (χ1v) is 8.04. The Balaban J connectivity index is 2.29. The van der Waals surface area contributed by atoms with Gasteiger partial charge in [-0.25, -0.2) is 0 Å². The average Bonchev–Trinajstić information content (AvgIpc) is 2.63. The fourth-order valence-electron chi connectivity index (χ4n) is 2.95. The number of phenols is 1. The van der Waals surface area contributed by atoms with E-state index in [2.05, 4.69) is 24.3 Å². The van der Waals surface area contributed by atoms with Crippen molar-refractivity contribution in [3.8, 4) is 5.75 Å². The predicted molar refractivity (Wildman–Crippen MR) is 98.6 cm³/mol. The van der Waals surface area contributed by atoms with E-state index in [1.54, 1.807) is 12.1 Å². The summed E-state index contributed by atoms with van der Waals surface area (Å²) in [5.41, 5.74) is 5.18. The summed E-state index contributed by atoms with van der Waals surface area (Å²) in [6, 6.07) is 27.4. The largest absolute Gasteiger partial charge is 0.508 e. The Hall–Kier alpha value is -2.84. The van der Waals surface area contributed by atoms with Crippen LogP contribution in [0.2, 0.25) is 0 Å². The summed E-state index contributed by atoms with van der Waals surface area (Å²) in [6.45, 7) is 0.0688. The average molecular weight is 316 g/mol. The molecule has 0 aliphatic carbocycles. The number of hydrogen-bond acceptors (Lipinski definition) is 2. The molecule has 3 aromatic carbocycles. The molecular formula is C22H20O2. The van der Waals surface area contributed by atoms with Crippen LogP contribution in [0.3, 0.4) is 0 Å². The molecule has 0 radical (unpaired) electrons. The molecule has 0 amide bonds. The molecule has 0 bridgehead atoms. The van der Waals surface area contributed by atoms with Crippen molar-refractivity contribution in [3.63, 3.8) is 0 Å². The van der Waals surface area contributed by atoms with Gasteiger partial charge in [0.25, 0.3) is 0 Å². The Morgan fingerprint density at radius 2 is 1.25 bits per heavy atom. The number of rotatable bonds is 5. The van der Waals surface area contributed by atoms with Crippen LogP contribution in [0.25, 0.3) is 11.1 Å². The van der Waals surface area contributed by atoms with Crippen molar-refractivity contribution in [2.75, 3.05) is 6.61 Å². The monoisotopic (exact) mass is 316 g/mol. The topological polar surface area (TPSA) is 40.5 Å². The molecule has 3 aromatic rings. The lowest BCUT2D eigenvalue weighted by Crippen LogP contribution is -1.97. The first kappa shape index (κ1) is 16.0. The molecule has 0 atom stereocenters. The van der Waals surface area contributed by atoms with E-state index in [9.17, 15) is 10.2 Å². The van der Waals surface area contributed by atoms with E-state index in [4.69, 9.17) is 0 Å². The summed E-state index contributed by atoms with van der Waals surface area (Å²) in [7, 11) is 0. The Morgan fingerprint density at radius 3 is 1.83 bits per heavy atom. The van der Waals surface area contributed by atoms with Crippen LogP contribution < -0.4 is 0 Å². The zero-order valence-corrected chi connectivity index (χ0v) is 13.4. The third kappa shape index (κ3) is 3.55. The Morgan fingerprint density at radius 1 is 0.667 bits per heavy atom.